The molecule has 6 heteroatoms. The van der Waals surface area contributed by atoms with Crippen molar-refractivity contribution < 1.29 is 0 Å². The molecular formula is C9H16N6. The van der Waals surface area contributed by atoms with Gasteiger partial charge in [0.1, 0.15) is 11.7 Å². The number of nitrogens with two attached hydrogens (primary N) is 1. The maximum absolute atomic E-state index is 5.82. The molecule has 4 N–H and O–H groups in total. The number of aryl methyl sites for hydroxylation is 1. The van der Waals surface area contributed by atoms with E-state index in [1.165, 1.54) is 0 Å². The van der Waals surface area contributed by atoms with Crippen molar-refractivity contribution in [3.05, 3.63) is 11.6 Å². The topological polar surface area (TPSA) is 92.0 Å². The molecule has 1 aliphatic rings. The third kappa shape index (κ3) is 2.76. The van der Waals surface area contributed by atoms with E-state index in [1.54, 1.807) is 0 Å². The lowest BCUT2D eigenvalue weighted by Gasteiger charge is -2.03. The third-order valence-electron chi connectivity index (χ3n) is 2.37. The highest BCUT2D eigenvalue weighted by Crippen LogP contribution is 2.03. The zero-order valence-corrected chi connectivity index (χ0v) is 8.82. The largest absolute Gasteiger partial charge is 0.387 e. The van der Waals surface area contributed by atoms with Crippen LogP contribution < -0.4 is 11.1 Å². The quantitative estimate of drug-likeness (QED) is 0.456. The molecule has 0 aromatic carbocycles. The van der Waals surface area contributed by atoms with Gasteiger partial charge in [0, 0.05) is 6.54 Å². The van der Waals surface area contributed by atoms with Crippen LogP contribution in [0.5, 0.6) is 0 Å². The van der Waals surface area contributed by atoms with Crippen LogP contribution in [0, 0.1) is 6.92 Å². The molecule has 1 aromatic rings. The van der Waals surface area contributed by atoms with E-state index in [-0.39, 0.29) is 0 Å². The molecule has 2 heterocycles. The van der Waals surface area contributed by atoms with E-state index in [1.807, 2.05) is 6.92 Å². The number of nitrogens with one attached hydrogen (secondary N) is 2. The minimum absolute atomic E-state index is 0.324. The van der Waals surface area contributed by atoms with Gasteiger partial charge in [-0.15, -0.1) is 0 Å². The Balaban J connectivity index is 1.93. The van der Waals surface area contributed by atoms with Gasteiger partial charge in [-0.25, -0.2) is 4.98 Å². The predicted octanol–water partition coefficient (Wildman–Crippen LogP) is -0.625. The maximum atomic E-state index is 5.82. The van der Waals surface area contributed by atoms with Crippen LogP contribution in [0.4, 0.5) is 0 Å². The lowest BCUT2D eigenvalue weighted by Crippen LogP contribution is -2.21. The summed E-state index contributed by atoms with van der Waals surface area (Å²) in [6, 6.07) is 0.324. The maximum Gasteiger partial charge on any atom is 0.158 e. The molecule has 1 atom stereocenters. The lowest BCUT2D eigenvalue weighted by atomic mass is 10.2. The second-order valence-electron chi connectivity index (χ2n) is 3.78. The summed E-state index contributed by atoms with van der Waals surface area (Å²) in [6.07, 6.45) is 1.59. The first kappa shape index (κ1) is 10.1. The van der Waals surface area contributed by atoms with Gasteiger partial charge in [-0.05, 0) is 19.9 Å². The summed E-state index contributed by atoms with van der Waals surface area (Å²) >= 11 is 0. The average Bonchev–Trinajstić information content (AvgIpc) is 2.77. The SMILES string of the molecule is Cc1nc(CC(N)=N[C@@H]2CCNC2)n[nH]1. The molecule has 0 amide bonds. The fraction of sp³-hybridized carbons (Fsp3) is 0.667. The summed E-state index contributed by atoms with van der Waals surface area (Å²) in [4.78, 5) is 8.60. The van der Waals surface area contributed by atoms with Gasteiger partial charge in [0.2, 0.25) is 0 Å². The molecule has 0 spiro atoms. The molecule has 2 rings (SSSR count). The van der Waals surface area contributed by atoms with Crippen molar-refractivity contribution in [2.45, 2.75) is 25.8 Å². The van der Waals surface area contributed by atoms with Crippen molar-refractivity contribution in [2.75, 3.05) is 13.1 Å². The van der Waals surface area contributed by atoms with Crippen molar-refractivity contribution >= 4 is 5.84 Å². The molecule has 0 unspecified atom stereocenters. The van der Waals surface area contributed by atoms with E-state index >= 15 is 0 Å². The third-order valence-corrected chi connectivity index (χ3v) is 2.37. The van der Waals surface area contributed by atoms with Gasteiger partial charge in [0.05, 0.1) is 12.5 Å². The zero-order valence-electron chi connectivity index (χ0n) is 8.82. The predicted molar refractivity (Wildman–Crippen MR) is 57.7 cm³/mol. The first-order valence-corrected chi connectivity index (χ1v) is 5.15. The van der Waals surface area contributed by atoms with E-state index in [4.69, 9.17) is 5.73 Å². The van der Waals surface area contributed by atoms with Crippen molar-refractivity contribution in [3.63, 3.8) is 0 Å². The minimum Gasteiger partial charge on any atom is -0.387 e. The molecular weight excluding hydrogens is 192 g/mol. The first-order valence-electron chi connectivity index (χ1n) is 5.15. The van der Waals surface area contributed by atoms with Crippen LogP contribution in [-0.4, -0.2) is 40.1 Å². The van der Waals surface area contributed by atoms with E-state index in [0.717, 1.165) is 25.3 Å². The fourth-order valence-electron chi connectivity index (χ4n) is 1.66. The highest BCUT2D eigenvalue weighted by Gasteiger charge is 2.13. The Morgan fingerprint density at radius 1 is 1.67 bits per heavy atom. The van der Waals surface area contributed by atoms with Gasteiger partial charge >= 0.3 is 0 Å². The molecule has 1 aliphatic heterocycles. The Hall–Kier alpha value is -1.43. The van der Waals surface area contributed by atoms with Crippen LogP contribution in [0.1, 0.15) is 18.1 Å². The summed E-state index contributed by atoms with van der Waals surface area (Å²) in [5.41, 5.74) is 5.82. The number of nitrogens with zero attached hydrogens (tertiary/aromatic N) is 3. The van der Waals surface area contributed by atoms with Gasteiger partial charge in [0.25, 0.3) is 0 Å². The van der Waals surface area contributed by atoms with Gasteiger partial charge in [-0.2, -0.15) is 5.10 Å². The lowest BCUT2D eigenvalue weighted by molar-refractivity contribution is 0.739. The highest BCUT2D eigenvalue weighted by atomic mass is 15.2. The normalized spacial score (nSPS) is 22.2. The number of aromatic amines is 1. The number of aromatic nitrogens is 3. The Kier molecular flexibility index (Phi) is 2.96. The van der Waals surface area contributed by atoms with Gasteiger partial charge in [-0.3, -0.25) is 10.1 Å². The number of hydrogen-bond donors (Lipinski definition) is 3. The number of H-pyrrole nitrogens is 1. The second-order valence-corrected chi connectivity index (χ2v) is 3.78. The van der Waals surface area contributed by atoms with Crippen LogP contribution >= 0.6 is 0 Å². The Labute approximate surface area is 88.4 Å². The molecule has 0 bridgehead atoms. The molecule has 0 aliphatic carbocycles. The molecule has 15 heavy (non-hydrogen) atoms. The van der Waals surface area contributed by atoms with Crippen molar-refractivity contribution in [1.29, 1.82) is 0 Å². The van der Waals surface area contributed by atoms with E-state index in [9.17, 15) is 0 Å². The van der Waals surface area contributed by atoms with Crippen molar-refractivity contribution in [3.8, 4) is 0 Å². The number of aliphatic imine (C=N–C) groups is 1. The fourth-order valence-corrected chi connectivity index (χ4v) is 1.66. The monoisotopic (exact) mass is 208 g/mol. The average molecular weight is 208 g/mol. The highest BCUT2D eigenvalue weighted by molar-refractivity contribution is 5.82. The molecule has 0 saturated carbocycles. The van der Waals surface area contributed by atoms with Crippen LogP contribution in [0.15, 0.2) is 4.99 Å². The first-order chi connectivity index (χ1) is 7.24. The van der Waals surface area contributed by atoms with E-state index in [2.05, 4.69) is 25.5 Å². The molecule has 1 aromatic heterocycles. The van der Waals surface area contributed by atoms with Crippen LogP contribution in [0.2, 0.25) is 0 Å². The summed E-state index contributed by atoms with van der Waals surface area (Å²) in [7, 11) is 0. The molecule has 82 valence electrons. The molecule has 0 radical (unpaired) electrons. The zero-order chi connectivity index (χ0) is 10.7. The van der Waals surface area contributed by atoms with Gasteiger partial charge in [0.15, 0.2) is 5.82 Å². The number of amidine groups is 1. The Bertz CT molecular complexity index is 349. The Morgan fingerprint density at radius 3 is 3.13 bits per heavy atom. The van der Waals surface area contributed by atoms with Crippen molar-refractivity contribution in [2.24, 2.45) is 10.7 Å². The summed E-state index contributed by atoms with van der Waals surface area (Å²) in [5, 5.41) is 10.0. The Morgan fingerprint density at radius 2 is 2.53 bits per heavy atom. The van der Waals surface area contributed by atoms with E-state index in [0.29, 0.717) is 24.1 Å². The molecule has 1 fully saturated rings. The van der Waals surface area contributed by atoms with Crippen LogP contribution in [-0.2, 0) is 6.42 Å². The molecule has 6 nitrogen and oxygen atoms in total. The van der Waals surface area contributed by atoms with E-state index < -0.39 is 0 Å². The molecule has 1 saturated heterocycles. The second kappa shape index (κ2) is 4.39. The van der Waals surface area contributed by atoms with Gasteiger partial charge < -0.3 is 11.1 Å². The smallest absolute Gasteiger partial charge is 0.158 e. The minimum atomic E-state index is 0.324. The number of hydrogen-bond acceptors (Lipinski definition) is 4. The number of rotatable bonds is 3. The van der Waals surface area contributed by atoms with Crippen LogP contribution in [0.3, 0.4) is 0 Å². The standard InChI is InChI=1S/C9H16N6/c1-6-12-9(15-14-6)4-8(10)13-7-2-3-11-5-7/h7,11H,2-5H2,1H3,(H2,10,13)(H,12,14,15)/t7-/m1/s1. The van der Waals surface area contributed by atoms with Crippen LogP contribution in [0.25, 0.3) is 0 Å². The summed E-state index contributed by atoms with van der Waals surface area (Å²) < 4.78 is 0. The summed E-state index contributed by atoms with van der Waals surface area (Å²) in [5.74, 6) is 2.13. The summed E-state index contributed by atoms with van der Waals surface area (Å²) in [6.45, 7) is 3.82. The van der Waals surface area contributed by atoms with Gasteiger partial charge in [-0.1, -0.05) is 0 Å². The van der Waals surface area contributed by atoms with Crippen molar-refractivity contribution in [1.82, 2.24) is 20.5 Å².